The molecular weight excluding hydrogens is 571 g/mol. The second kappa shape index (κ2) is 12.5. The number of nitrogens with one attached hydrogen (secondary N) is 3. The molecule has 5 rings (SSSR count). The van der Waals surface area contributed by atoms with Gasteiger partial charge in [-0.05, 0) is 74.4 Å². The minimum Gasteiger partial charge on any atom is -0.387 e. The van der Waals surface area contributed by atoms with E-state index in [4.69, 9.17) is 0 Å². The van der Waals surface area contributed by atoms with Crippen molar-refractivity contribution in [3.63, 3.8) is 0 Å². The standard InChI is InChI=1S/C31H33N5O4S2/c1-31(2,14-17-36-16-13-22-19-24(11-12-27(22)36)29(38)34-30-32-15-18-41-30)33-21-28(37)23-7-6-8-25(20-23)35-42(39,40)26-9-4-3-5-10-26/h3-13,15-16,18-20,28,33,35,37H,14,17,21H2,1-2H3,(H,32,34,38)/t28-/m0/s1. The first kappa shape index (κ1) is 29.5. The molecule has 5 aromatic rings. The van der Waals surface area contributed by atoms with E-state index in [1.54, 1.807) is 48.7 Å². The number of rotatable bonds is 12. The van der Waals surface area contributed by atoms with E-state index >= 15 is 0 Å². The van der Waals surface area contributed by atoms with Gasteiger partial charge < -0.3 is 15.0 Å². The van der Waals surface area contributed by atoms with E-state index in [1.807, 2.05) is 35.8 Å². The maximum Gasteiger partial charge on any atom is 0.261 e. The van der Waals surface area contributed by atoms with Crippen molar-refractivity contribution < 1.29 is 18.3 Å². The van der Waals surface area contributed by atoms with Gasteiger partial charge in [0.2, 0.25) is 0 Å². The molecular formula is C31H33N5O4S2. The fourth-order valence-corrected chi connectivity index (χ4v) is 6.19. The Morgan fingerprint density at radius 1 is 1.05 bits per heavy atom. The van der Waals surface area contributed by atoms with E-state index in [0.29, 0.717) is 28.5 Å². The number of anilines is 2. The quantitative estimate of drug-likeness (QED) is 0.146. The molecule has 0 saturated carbocycles. The summed E-state index contributed by atoms with van der Waals surface area (Å²) in [6.07, 6.45) is 3.62. The summed E-state index contributed by atoms with van der Waals surface area (Å²) in [7, 11) is -3.72. The summed E-state index contributed by atoms with van der Waals surface area (Å²) in [5.41, 5.74) is 2.31. The summed E-state index contributed by atoms with van der Waals surface area (Å²) >= 11 is 1.37. The van der Waals surface area contributed by atoms with Crippen LogP contribution in [0.1, 0.15) is 42.3 Å². The minimum absolute atomic E-state index is 0.174. The fraction of sp³-hybridized carbons (Fsp3) is 0.226. The molecule has 0 fully saturated rings. The maximum absolute atomic E-state index is 12.7. The molecule has 2 aromatic heterocycles. The fourth-order valence-electron chi connectivity index (χ4n) is 4.59. The number of carbonyl (C=O) groups excluding carboxylic acids is 1. The van der Waals surface area contributed by atoms with Gasteiger partial charge in [-0.15, -0.1) is 11.3 Å². The first-order chi connectivity index (χ1) is 20.1. The highest BCUT2D eigenvalue weighted by atomic mass is 32.2. The lowest BCUT2D eigenvalue weighted by Crippen LogP contribution is -2.42. The second-order valence-corrected chi connectivity index (χ2v) is 13.2. The van der Waals surface area contributed by atoms with Crippen LogP contribution in [0.2, 0.25) is 0 Å². The Morgan fingerprint density at radius 3 is 2.62 bits per heavy atom. The number of carbonyl (C=O) groups is 1. The number of amides is 1. The van der Waals surface area contributed by atoms with Crippen molar-refractivity contribution in [2.24, 2.45) is 0 Å². The third-order valence-corrected chi connectivity index (χ3v) is 9.10. The highest BCUT2D eigenvalue weighted by Gasteiger charge is 2.21. The third-order valence-electron chi connectivity index (χ3n) is 7.01. The molecule has 0 spiro atoms. The molecule has 3 aromatic carbocycles. The van der Waals surface area contributed by atoms with Gasteiger partial charge in [-0.25, -0.2) is 13.4 Å². The molecule has 9 nitrogen and oxygen atoms in total. The molecule has 1 amide bonds. The van der Waals surface area contributed by atoms with Crippen LogP contribution in [-0.2, 0) is 16.6 Å². The number of hydrogen-bond acceptors (Lipinski definition) is 7. The molecule has 11 heteroatoms. The van der Waals surface area contributed by atoms with Crippen LogP contribution in [0.15, 0.2) is 102 Å². The molecule has 0 aliphatic rings. The Balaban J connectivity index is 1.16. The van der Waals surface area contributed by atoms with Crippen LogP contribution in [0, 0.1) is 0 Å². The van der Waals surface area contributed by atoms with E-state index in [1.165, 1.54) is 23.5 Å². The molecule has 42 heavy (non-hydrogen) atoms. The lowest BCUT2D eigenvalue weighted by molar-refractivity contribution is 0.102. The summed E-state index contributed by atoms with van der Waals surface area (Å²) in [5.74, 6) is -0.192. The third kappa shape index (κ3) is 7.24. The zero-order chi connectivity index (χ0) is 29.7. The van der Waals surface area contributed by atoms with E-state index in [-0.39, 0.29) is 16.3 Å². The number of hydrogen-bond donors (Lipinski definition) is 4. The van der Waals surface area contributed by atoms with Gasteiger partial charge in [0.15, 0.2) is 5.13 Å². The van der Waals surface area contributed by atoms with Crippen LogP contribution in [0.4, 0.5) is 10.8 Å². The summed E-state index contributed by atoms with van der Waals surface area (Å²) in [6, 6.07) is 22.6. The normalized spacial score (nSPS) is 12.7. The van der Waals surface area contributed by atoms with Crippen molar-refractivity contribution in [2.75, 3.05) is 16.6 Å². The van der Waals surface area contributed by atoms with E-state index < -0.39 is 16.1 Å². The van der Waals surface area contributed by atoms with Crippen molar-refractivity contribution >= 4 is 49.0 Å². The Hall–Kier alpha value is -4.03. The molecule has 0 radical (unpaired) electrons. The lowest BCUT2D eigenvalue weighted by atomic mass is 9.99. The molecule has 2 heterocycles. The van der Waals surface area contributed by atoms with Crippen molar-refractivity contribution in [3.05, 3.63) is 108 Å². The van der Waals surface area contributed by atoms with Crippen LogP contribution < -0.4 is 15.4 Å². The number of β-amino-alcohol motifs (C(OH)–C–C–N with tert-alkyl or cyclic N) is 1. The zero-order valence-electron chi connectivity index (χ0n) is 23.3. The number of aryl methyl sites for hydroxylation is 1. The Morgan fingerprint density at radius 2 is 1.86 bits per heavy atom. The Labute approximate surface area is 249 Å². The highest BCUT2D eigenvalue weighted by Crippen LogP contribution is 2.23. The van der Waals surface area contributed by atoms with Gasteiger partial charge in [-0.1, -0.05) is 30.3 Å². The molecule has 0 unspecified atom stereocenters. The molecule has 218 valence electrons. The number of nitrogens with zero attached hydrogens (tertiary/aromatic N) is 2. The van der Waals surface area contributed by atoms with Gasteiger partial charge in [0.05, 0.1) is 11.0 Å². The monoisotopic (exact) mass is 603 g/mol. The van der Waals surface area contributed by atoms with Crippen LogP contribution >= 0.6 is 11.3 Å². The van der Waals surface area contributed by atoms with Gasteiger partial charge in [-0.3, -0.25) is 14.8 Å². The number of aliphatic hydroxyl groups is 1. The molecule has 0 aliphatic heterocycles. The second-order valence-electron chi connectivity index (χ2n) is 10.6. The molecule has 0 saturated heterocycles. The Kier molecular flexibility index (Phi) is 8.74. The number of aliphatic hydroxyl groups excluding tert-OH is 1. The smallest absolute Gasteiger partial charge is 0.261 e. The first-order valence-electron chi connectivity index (χ1n) is 13.5. The Bertz CT molecular complexity index is 1770. The van der Waals surface area contributed by atoms with E-state index in [9.17, 15) is 18.3 Å². The van der Waals surface area contributed by atoms with E-state index in [2.05, 4.69) is 38.8 Å². The number of fused-ring (bicyclic) bond motifs is 1. The summed E-state index contributed by atoms with van der Waals surface area (Å²) in [6.45, 7) is 5.20. The van der Waals surface area contributed by atoms with Gasteiger partial charge in [0, 0.05) is 58.6 Å². The van der Waals surface area contributed by atoms with Crippen molar-refractivity contribution in [1.82, 2.24) is 14.9 Å². The highest BCUT2D eigenvalue weighted by molar-refractivity contribution is 7.92. The number of sulfonamides is 1. The molecule has 1 atom stereocenters. The SMILES string of the molecule is CC(C)(CCn1ccc2cc(C(=O)Nc3nccs3)ccc21)NC[C@H](O)c1cccc(NS(=O)(=O)c2ccccc2)c1. The maximum atomic E-state index is 12.7. The minimum atomic E-state index is -3.72. The molecule has 4 N–H and O–H groups in total. The van der Waals surface area contributed by atoms with Gasteiger partial charge in [0.25, 0.3) is 15.9 Å². The predicted octanol–water partition coefficient (Wildman–Crippen LogP) is 5.64. The van der Waals surface area contributed by atoms with Crippen molar-refractivity contribution in [2.45, 2.75) is 43.4 Å². The summed E-state index contributed by atoms with van der Waals surface area (Å²) < 4.78 is 30.1. The average Bonchev–Trinajstić information content (AvgIpc) is 3.65. The average molecular weight is 604 g/mol. The van der Waals surface area contributed by atoms with Gasteiger partial charge in [0.1, 0.15) is 0 Å². The first-order valence-corrected chi connectivity index (χ1v) is 15.9. The van der Waals surface area contributed by atoms with E-state index in [0.717, 1.165) is 23.9 Å². The number of benzene rings is 3. The van der Waals surface area contributed by atoms with Gasteiger partial charge >= 0.3 is 0 Å². The van der Waals surface area contributed by atoms with Crippen LogP contribution in [0.3, 0.4) is 0 Å². The zero-order valence-corrected chi connectivity index (χ0v) is 25.0. The topological polar surface area (TPSA) is 125 Å². The van der Waals surface area contributed by atoms with Crippen LogP contribution in [0.5, 0.6) is 0 Å². The largest absolute Gasteiger partial charge is 0.387 e. The van der Waals surface area contributed by atoms with Crippen LogP contribution in [-0.4, -0.2) is 41.1 Å². The molecule has 0 aliphatic carbocycles. The number of thiazole rings is 1. The molecule has 0 bridgehead atoms. The van der Waals surface area contributed by atoms with Crippen molar-refractivity contribution in [3.8, 4) is 0 Å². The predicted molar refractivity (Wildman–Crippen MR) is 167 cm³/mol. The van der Waals surface area contributed by atoms with Crippen molar-refractivity contribution in [1.29, 1.82) is 0 Å². The summed E-state index contributed by atoms with van der Waals surface area (Å²) in [5, 5.41) is 20.5. The number of aromatic nitrogens is 2. The summed E-state index contributed by atoms with van der Waals surface area (Å²) in [4.78, 5) is 16.9. The van der Waals surface area contributed by atoms with Gasteiger partial charge in [-0.2, -0.15) is 0 Å². The lowest BCUT2D eigenvalue weighted by Gasteiger charge is -2.28. The van der Waals surface area contributed by atoms with Crippen LogP contribution in [0.25, 0.3) is 10.9 Å².